The van der Waals surface area contributed by atoms with E-state index in [4.69, 9.17) is 9.47 Å². The van der Waals surface area contributed by atoms with Gasteiger partial charge in [0.1, 0.15) is 17.2 Å². The van der Waals surface area contributed by atoms with Gasteiger partial charge >= 0.3 is 0 Å². The van der Waals surface area contributed by atoms with Crippen LogP contribution in [-0.2, 0) is 4.79 Å². The van der Waals surface area contributed by atoms with Crippen LogP contribution in [0.5, 0.6) is 11.6 Å². The number of aromatic amines is 1. The number of amides is 1. The number of hydrogen-bond acceptors (Lipinski definition) is 6. The van der Waals surface area contributed by atoms with E-state index in [1.54, 1.807) is 19.4 Å². The summed E-state index contributed by atoms with van der Waals surface area (Å²) in [5, 5.41) is 3.44. The molecule has 0 atom stereocenters. The van der Waals surface area contributed by atoms with Gasteiger partial charge in [0.05, 0.1) is 18.8 Å². The molecule has 2 aliphatic carbocycles. The van der Waals surface area contributed by atoms with Crippen molar-refractivity contribution in [2.45, 2.75) is 31.8 Å². The van der Waals surface area contributed by atoms with E-state index >= 15 is 0 Å². The lowest BCUT2D eigenvalue weighted by Crippen LogP contribution is -2.14. The third-order valence-corrected chi connectivity index (χ3v) is 5.22. The molecule has 3 heterocycles. The van der Waals surface area contributed by atoms with Crippen LogP contribution in [0.25, 0.3) is 22.2 Å². The third kappa shape index (κ3) is 5.32. The summed E-state index contributed by atoms with van der Waals surface area (Å²) in [5.74, 6) is 2.79. The highest BCUT2D eigenvalue weighted by Gasteiger charge is 2.27. The van der Waals surface area contributed by atoms with Crippen molar-refractivity contribution in [1.82, 2.24) is 19.9 Å². The molecule has 164 valence electrons. The van der Waals surface area contributed by atoms with Crippen LogP contribution >= 0.6 is 0 Å². The molecule has 3 aromatic heterocycles. The lowest BCUT2D eigenvalue weighted by molar-refractivity contribution is -0.105. The first-order valence-electron chi connectivity index (χ1n) is 10.6. The molecule has 0 bridgehead atoms. The number of carbonyl (C=O) groups is 1. The van der Waals surface area contributed by atoms with Gasteiger partial charge in [-0.05, 0) is 63.9 Å². The van der Waals surface area contributed by atoms with Crippen LogP contribution in [0.4, 0.5) is 5.82 Å². The summed E-state index contributed by atoms with van der Waals surface area (Å²) in [5.41, 5.74) is 2.37. The number of anilines is 1. The van der Waals surface area contributed by atoms with Gasteiger partial charge in [0.15, 0.2) is 0 Å². The average Bonchev–Trinajstić information content (AvgIpc) is 3.68. The van der Waals surface area contributed by atoms with E-state index in [1.807, 2.05) is 18.3 Å². The molecule has 2 N–H and O–H groups in total. The Kier molecular flexibility index (Phi) is 6.36. The molecule has 5 rings (SSSR count). The Morgan fingerprint density at radius 1 is 1.23 bits per heavy atom. The lowest BCUT2D eigenvalue weighted by Gasteiger charge is -2.13. The highest BCUT2D eigenvalue weighted by Crippen LogP contribution is 2.42. The van der Waals surface area contributed by atoms with Gasteiger partial charge in [0.25, 0.3) is 0 Å². The number of methoxy groups -OCH3 is 1. The van der Waals surface area contributed by atoms with E-state index in [-0.39, 0.29) is 6.10 Å². The standard InChI is InChI=1S/C17H16N4O3.C6H13N/c1-23-17-15(13(6-7-18-17)24-10-2-3-10)12-8-19-16-11(12)4-5-14(21-16)20-9-22;1-7(2)5-6-3-4-6/h4-10H,2-3H2,1H3,(H2,19,20,21,22);6H,3-5H2,1-2H3. The number of aromatic nitrogens is 3. The second kappa shape index (κ2) is 9.34. The maximum absolute atomic E-state index is 10.6. The molecular formula is C23H29N5O3. The van der Waals surface area contributed by atoms with E-state index in [9.17, 15) is 4.79 Å². The molecular weight excluding hydrogens is 394 g/mol. The number of hydrogen-bond donors (Lipinski definition) is 2. The molecule has 31 heavy (non-hydrogen) atoms. The lowest BCUT2D eigenvalue weighted by atomic mass is 10.1. The predicted octanol–water partition coefficient (Wildman–Crippen LogP) is 3.70. The first-order chi connectivity index (χ1) is 15.1. The number of pyridine rings is 2. The number of fused-ring (bicyclic) bond motifs is 1. The van der Waals surface area contributed by atoms with Gasteiger partial charge in [-0.1, -0.05) is 0 Å². The van der Waals surface area contributed by atoms with Crippen LogP contribution in [0.1, 0.15) is 25.7 Å². The van der Waals surface area contributed by atoms with Gasteiger partial charge in [-0.25, -0.2) is 9.97 Å². The summed E-state index contributed by atoms with van der Waals surface area (Å²) in [4.78, 5) is 24.6. The van der Waals surface area contributed by atoms with Crippen molar-refractivity contribution in [3.05, 3.63) is 30.6 Å². The fourth-order valence-corrected chi connectivity index (χ4v) is 3.46. The van der Waals surface area contributed by atoms with Crippen molar-refractivity contribution < 1.29 is 14.3 Å². The summed E-state index contributed by atoms with van der Waals surface area (Å²) < 4.78 is 11.5. The normalized spacial score (nSPS) is 15.4. The molecule has 0 unspecified atom stereocenters. The molecule has 2 saturated carbocycles. The summed E-state index contributed by atoms with van der Waals surface area (Å²) in [7, 11) is 5.86. The molecule has 8 nitrogen and oxygen atoms in total. The molecule has 3 aromatic rings. The first-order valence-corrected chi connectivity index (χ1v) is 10.6. The summed E-state index contributed by atoms with van der Waals surface area (Å²) in [6.45, 7) is 1.31. The summed E-state index contributed by atoms with van der Waals surface area (Å²) in [6, 6.07) is 5.50. The van der Waals surface area contributed by atoms with Crippen molar-refractivity contribution >= 4 is 23.3 Å². The van der Waals surface area contributed by atoms with Gasteiger partial charge in [-0.15, -0.1) is 0 Å². The van der Waals surface area contributed by atoms with Gasteiger partial charge in [0, 0.05) is 29.9 Å². The second-order valence-corrected chi connectivity index (χ2v) is 8.27. The molecule has 8 heteroatoms. The van der Waals surface area contributed by atoms with Crippen LogP contribution in [0.2, 0.25) is 0 Å². The minimum absolute atomic E-state index is 0.266. The smallest absolute Gasteiger partial charge is 0.224 e. The van der Waals surface area contributed by atoms with Crippen LogP contribution in [-0.4, -0.2) is 60.1 Å². The van der Waals surface area contributed by atoms with Crippen molar-refractivity contribution in [1.29, 1.82) is 0 Å². The monoisotopic (exact) mass is 423 g/mol. The van der Waals surface area contributed by atoms with Crippen LogP contribution in [0.3, 0.4) is 0 Å². The molecule has 2 fully saturated rings. The predicted molar refractivity (Wildman–Crippen MR) is 120 cm³/mol. The minimum Gasteiger partial charge on any atom is -0.490 e. The third-order valence-electron chi connectivity index (χ3n) is 5.22. The zero-order chi connectivity index (χ0) is 21.8. The minimum atomic E-state index is 0.266. The van der Waals surface area contributed by atoms with Crippen LogP contribution < -0.4 is 14.8 Å². The fraction of sp³-hybridized carbons (Fsp3) is 0.435. The van der Waals surface area contributed by atoms with Gasteiger partial charge < -0.3 is 24.7 Å². The van der Waals surface area contributed by atoms with Gasteiger partial charge in [-0.3, -0.25) is 4.79 Å². The zero-order valence-corrected chi connectivity index (χ0v) is 18.2. The Bertz CT molecular complexity index is 1040. The Morgan fingerprint density at radius 2 is 2.03 bits per heavy atom. The zero-order valence-electron chi connectivity index (χ0n) is 18.2. The average molecular weight is 424 g/mol. The maximum Gasteiger partial charge on any atom is 0.224 e. The van der Waals surface area contributed by atoms with Crippen molar-refractivity contribution in [3.63, 3.8) is 0 Å². The van der Waals surface area contributed by atoms with Crippen LogP contribution in [0, 0.1) is 5.92 Å². The van der Waals surface area contributed by atoms with Crippen LogP contribution in [0.15, 0.2) is 30.6 Å². The highest BCUT2D eigenvalue weighted by molar-refractivity contribution is 5.97. The largest absolute Gasteiger partial charge is 0.490 e. The van der Waals surface area contributed by atoms with E-state index < -0.39 is 0 Å². The molecule has 2 aliphatic rings. The number of ether oxygens (including phenoxy) is 2. The van der Waals surface area contributed by atoms with E-state index in [1.165, 1.54) is 19.4 Å². The molecule has 0 spiro atoms. The van der Waals surface area contributed by atoms with Crippen molar-refractivity contribution in [2.24, 2.45) is 5.92 Å². The van der Waals surface area contributed by atoms with E-state index in [0.717, 1.165) is 41.0 Å². The quantitative estimate of drug-likeness (QED) is 0.537. The number of H-pyrrole nitrogens is 1. The number of nitrogens with one attached hydrogen (secondary N) is 2. The van der Waals surface area contributed by atoms with Crippen molar-refractivity contribution in [3.8, 4) is 22.8 Å². The molecule has 0 aliphatic heterocycles. The van der Waals surface area contributed by atoms with Gasteiger partial charge in [0.2, 0.25) is 12.3 Å². The van der Waals surface area contributed by atoms with E-state index in [0.29, 0.717) is 23.8 Å². The van der Waals surface area contributed by atoms with Crippen molar-refractivity contribution in [2.75, 3.05) is 33.1 Å². The Hall–Kier alpha value is -3.13. The maximum atomic E-state index is 10.6. The Balaban J connectivity index is 0.000000282. The Labute approximate surface area is 182 Å². The van der Waals surface area contributed by atoms with Gasteiger partial charge in [-0.2, -0.15) is 0 Å². The first kappa shape index (κ1) is 21.1. The molecule has 1 amide bonds. The highest BCUT2D eigenvalue weighted by atomic mass is 16.5. The molecule has 0 radical (unpaired) electrons. The number of carbonyl (C=O) groups excluding carboxylic acids is 1. The number of rotatable bonds is 8. The topological polar surface area (TPSA) is 92.4 Å². The molecule has 0 saturated heterocycles. The Morgan fingerprint density at radius 3 is 2.65 bits per heavy atom. The summed E-state index contributed by atoms with van der Waals surface area (Å²) >= 11 is 0. The summed E-state index contributed by atoms with van der Waals surface area (Å²) in [6.07, 6.45) is 9.48. The second-order valence-electron chi connectivity index (χ2n) is 8.27. The SMILES string of the molecule is CN(C)CC1CC1.COc1nccc(OC2CC2)c1-c1c[nH]c2nc(NC=O)ccc12. The number of nitrogens with zero attached hydrogens (tertiary/aromatic N) is 3. The fourth-order valence-electron chi connectivity index (χ4n) is 3.46. The molecule has 0 aromatic carbocycles. The van der Waals surface area contributed by atoms with E-state index in [2.05, 4.69) is 39.3 Å².